The molecule has 1 unspecified atom stereocenters. The quantitative estimate of drug-likeness (QED) is 0.710. The second kappa shape index (κ2) is 5.40. The highest BCUT2D eigenvalue weighted by molar-refractivity contribution is 5.98. The fourth-order valence-electron chi connectivity index (χ4n) is 2.21. The van der Waals surface area contributed by atoms with Crippen LogP contribution in [0.3, 0.4) is 0 Å². The number of piperazine rings is 1. The van der Waals surface area contributed by atoms with E-state index in [1.807, 2.05) is 6.92 Å². The van der Waals surface area contributed by atoms with Gasteiger partial charge in [0.25, 0.3) is 5.91 Å². The van der Waals surface area contributed by atoms with Crippen molar-refractivity contribution in [3.05, 3.63) is 17.5 Å². The van der Waals surface area contributed by atoms with Gasteiger partial charge < -0.3 is 15.5 Å². The predicted octanol–water partition coefficient (Wildman–Crippen LogP) is -1.11. The van der Waals surface area contributed by atoms with Gasteiger partial charge in [-0.25, -0.2) is 0 Å². The van der Waals surface area contributed by atoms with Crippen molar-refractivity contribution in [3.8, 4) is 0 Å². The molecule has 19 heavy (non-hydrogen) atoms. The molecule has 2 N–H and O–H groups in total. The number of rotatable bonds is 2. The average molecular weight is 265 g/mol. The SMILES string of the molecule is CNC(=O)C1CNCCN1C(=O)c1cnn(C)c1C. The van der Waals surface area contributed by atoms with E-state index in [4.69, 9.17) is 0 Å². The van der Waals surface area contributed by atoms with Gasteiger partial charge in [0.05, 0.1) is 11.8 Å². The highest BCUT2D eigenvalue weighted by Crippen LogP contribution is 2.13. The topological polar surface area (TPSA) is 79.3 Å². The Morgan fingerprint density at radius 3 is 2.84 bits per heavy atom. The molecule has 1 fully saturated rings. The van der Waals surface area contributed by atoms with Crippen LogP contribution in [0.25, 0.3) is 0 Å². The van der Waals surface area contributed by atoms with Crippen LogP contribution in [0.2, 0.25) is 0 Å². The second-order valence-corrected chi connectivity index (χ2v) is 4.60. The van der Waals surface area contributed by atoms with Crippen LogP contribution in [0.1, 0.15) is 16.1 Å². The number of carbonyl (C=O) groups is 2. The molecule has 1 aliphatic rings. The molecule has 0 bridgehead atoms. The number of amides is 2. The lowest BCUT2D eigenvalue weighted by Crippen LogP contribution is -2.59. The zero-order valence-corrected chi connectivity index (χ0v) is 11.4. The van der Waals surface area contributed by atoms with Crippen LogP contribution in [0.5, 0.6) is 0 Å². The molecular weight excluding hydrogens is 246 g/mol. The third kappa shape index (κ3) is 2.46. The van der Waals surface area contributed by atoms with E-state index in [0.29, 0.717) is 25.2 Å². The van der Waals surface area contributed by atoms with Crippen molar-refractivity contribution in [3.63, 3.8) is 0 Å². The van der Waals surface area contributed by atoms with Gasteiger partial charge in [-0.15, -0.1) is 0 Å². The standard InChI is InChI=1S/C12H19N5O2/c1-8-9(6-15-16(8)3)12(19)17-5-4-14-7-10(17)11(18)13-2/h6,10,14H,4-5,7H2,1-3H3,(H,13,18). The number of nitrogens with zero attached hydrogens (tertiary/aromatic N) is 3. The van der Waals surface area contributed by atoms with Gasteiger partial charge in [0.1, 0.15) is 6.04 Å². The summed E-state index contributed by atoms with van der Waals surface area (Å²) in [4.78, 5) is 26.0. The first-order valence-electron chi connectivity index (χ1n) is 6.28. The van der Waals surface area contributed by atoms with Crippen molar-refractivity contribution >= 4 is 11.8 Å². The predicted molar refractivity (Wildman–Crippen MR) is 69.7 cm³/mol. The maximum absolute atomic E-state index is 12.5. The molecule has 0 saturated carbocycles. The van der Waals surface area contributed by atoms with E-state index in [2.05, 4.69) is 15.7 Å². The minimum Gasteiger partial charge on any atom is -0.357 e. The van der Waals surface area contributed by atoms with Crippen LogP contribution in [0, 0.1) is 6.92 Å². The smallest absolute Gasteiger partial charge is 0.258 e. The van der Waals surface area contributed by atoms with E-state index in [9.17, 15) is 9.59 Å². The lowest BCUT2D eigenvalue weighted by atomic mass is 10.1. The Labute approximate surface area is 111 Å². The molecule has 0 radical (unpaired) electrons. The summed E-state index contributed by atoms with van der Waals surface area (Å²) in [6.45, 7) is 3.53. The van der Waals surface area contributed by atoms with E-state index >= 15 is 0 Å². The molecule has 0 spiro atoms. The molecule has 2 amide bonds. The zero-order valence-electron chi connectivity index (χ0n) is 11.4. The van der Waals surface area contributed by atoms with Crippen molar-refractivity contribution in [1.82, 2.24) is 25.3 Å². The van der Waals surface area contributed by atoms with Gasteiger partial charge in [-0.1, -0.05) is 0 Å². The summed E-state index contributed by atoms with van der Waals surface area (Å²) in [5.41, 5.74) is 1.36. The molecular formula is C12H19N5O2. The monoisotopic (exact) mass is 265 g/mol. The Kier molecular flexibility index (Phi) is 3.84. The van der Waals surface area contributed by atoms with Crippen molar-refractivity contribution < 1.29 is 9.59 Å². The first-order valence-corrected chi connectivity index (χ1v) is 6.28. The van der Waals surface area contributed by atoms with Crippen LogP contribution in [-0.4, -0.2) is 59.2 Å². The Balaban J connectivity index is 2.25. The lowest BCUT2D eigenvalue weighted by molar-refractivity contribution is -0.125. The summed E-state index contributed by atoms with van der Waals surface area (Å²) in [6.07, 6.45) is 1.56. The first-order chi connectivity index (χ1) is 9.06. The van der Waals surface area contributed by atoms with Crippen LogP contribution in [0.15, 0.2) is 6.20 Å². The molecule has 1 atom stereocenters. The second-order valence-electron chi connectivity index (χ2n) is 4.60. The number of hydrogen-bond donors (Lipinski definition) is 2. The zero-order chi connectivity index (χ0) is 14.0. The third-order valence-corrected chi connectivity index (χ3v) is 3.52. The number of aryl methyl sites for hydroxylation is 1. The molecule has 1 aromatic rings. The number of aromatic nitrogens is 2. The highest BCUT2D eigenvalue weighted by atomic mass is 16.2. The number of likely N-dealkylation sites (N-methyl/N-ethyl adjacent to an activating group) is 1. The van der Waals surface area contributed by atoms with Gasteiger partial charge in [-0.2, -0.15) is 5.10 Å². The van der Waals surface area contributed by atoms with Gasteiger partial charge in [-0.3, -0.25) is 14.3 Å². The molecule has 1 saturated heterocycles. The molecule has 104 valence electrons. The maximum Gasteiger partial charge on any atom is 0.258 e. The molecule has 2 heterocycles. The Hall–Kier alpha value is -1.89. The Bertz CT molecular complexity index is 496. The largest absolute Gasteiger partial charge is 0.357 e. The molecule has 0 aliphatic carbocycles. The molecule has 7 nitrogen and oxygen atoms in total. The Morgan fingerprint density at radius 1 is 1.53 bits per heavy atom. The molecule has 0 aromatic carbocycles. The number of carbonyl (C=O) groups excluding carboxylic acids is 2. The minimum atomic E-state index is -0.467. The van der Waals surface area contributed by atoms with Crippen LogP contribution in [0.4, 0.5) is 0 Å². The molecule has 1 aromatic heterocycles. The molecule has 1 aliphatic heterocycles. The van der Waals surface area contributed by atoms with E-state index < -0.39 is 6.04 Å². The normalized spacial score (nSPS) is 19.3. The summed E-state index contributed by atoms with van der Waals surface area (Å²) < 4.78 is 1.66. The van der Waals surface area contributed by atoms with E-state index in [1.165, 1.54) is 0 Å². The fourth-order valence-corrected chi connectivity index (χ4v) is 2.21. The van der Waals surface area contributed by atoms with E-state index in [-0.39, 0.29) is 11.8 Å². The van der Waals surface area contributed by atoms with Gasteiger partial charge in [0.2, 0.25) is 5.91 Å². The van der Waals surface area contributed by atoms with Gasteiger partial charge in [0.15, 0.2) is 0 Å². The maximum atomic E-state index is 12.5. The van der Waals surface area contributed by atoms with E-state index in [0.717, 1.165) is 5.69 Å². The van der Waals surface area contributed by atoms with Crippen LogP contribution < -0.4 is 10.6 Å². The van der Waals surface area contributed by atoms with Crippen molar-refractivity contribution in [2.75, 3.05) is 26.7 Å². The van der Waals surface area contributed by atoms with Crippen LogP contribution in [-0.2, 0) is 11.8 Å². The molecule has 2 rings (SSSR count). The summed E-state index contributed by atoms with van der Waals surface area (Å²) in [7, 11) is 3.37. The summed E-state index contributed by atoms with van der Waals surface area (Å²) in [5.74, 6) is -0.289. The van der Waals surface area contributed by atoms with Crippen LogP contribution >= 0.6 is 0 Å². The lowest BCUT2D eigenvalue weighted by Gasteiger charge is -2.34. The number of hydrogen-bond acceptors (Lipinski definition) is 4. The van der Waals surface area contributed by atoms with Crippen molar-refractivity contribution in [2.24, 2.45) is 7.05 Å². The van der Waals surface area contributed by atoms with Gasteiger partial charge in [-0.05, 0) is 6.92 Å². The Morgan fingerprint density at radius 2 is 2.26 bits per heavy atom. The summed E-state index contributed by atoms with van der Waals surface area (Å²) in [6, 6.07) is -0.467. The number of nitrogens with one attached hydrogen (secondary N) is 2. The third-order valence-electron chi connectivity index (χ3n) is 3.52. The fraction of sp³-hybridized carbons (Fsp3) is 0.583. The summed E-state index contributed by atoms with van der Waals surface area (Å²) in [5, 5.41) is 9.80. The first kappa shape index (κ1) is 13.5. The van der Waals surface area contributed by atoms with Crippen molar-refractivity contribution in [1.29, 1.82) is 0 Å². The van der Waals surface area contributed by atoms with E-state index in [1.54, 1.807) is 29.9 Å². The minimum absolute atomic E-state index is 0.138. The summed E-state index contributed by atoms with van der Waals surface area (Å²) >= 11 is 0. The average Bonchev–Trinajstić information content (AvgIpc) is 2.77. The van der Waals surface area contributed by atoms with Gasteiger partial charge in [0, 0.05) is 39.4 Å². The van der Waals surface area contributed by atoms with Crippen molar-refractivity contribution in [2.45, 2.75) is 13.0 Å². The van der Waals surface area contributed by atoms with Gasteiger partial charge >= 0.3 is 0 Å². The highest BCUT2D eigenvalue weighted by Gasteiger charge is 2.33. The molecule has 7 heteroatoms.